The minimum Gasteiger partial charge on any atom is -0.349 e. The molecule has 1 amide bonds. The number of imidazole rings is 1. The van der Waals surface area contributed by atoms with Crippen molar-refractivity contribution in [3.05, 3.63) is 35.7 Å². The van der Waals surface area contributed by atoms with Crippen LogP contribution < -0.4 is 10.6 Å². The molecule has 2 aromatic rings. The lowest BCUT2D eigenvalue weighted by molar-refractivity contribution is -0.122. The number of aryl methyl sites for hydroxylation is 1. The summed E-state index contributed by atoms with van der Waals surface area (Å²) in [6.07, 6.45) is 5.85. The van der Waals surface area contributed by atoms with E-state index in [9.17, 15) is 4.79 Å². The summed E-state index contributed by atoms with van der Waals surface area (Å²) in [6, 6.07) is 2.02. The minimum atomic E-state index is -0.0566. The Morgan fingerprint density at radius 2 is 2.29 bits per heavy atom. The van der Waals surface area contributed by atoms with E-state index in [4.69, 9.17) is 0 Å². The third kappa shape index (κ3) is 5.22. The second-order valence-electron chi connectivity index (χ2n) is 5.73. The highest BCUT2D eigenvalue weighted by Gasteiger charge is 2.17. The molecule has 3 rings (SSSR count). The summed E-state index contributed by atoms with van der Waals surface area (Å²) in [7, 11) is 0. The Morgan fingerprint density at radius 3 is 2.96 bits per heavy atom. The topological polar surface area (TPSA) is 87.6 Å². The van der Waals surface area contributed by atoms with Gasteiger partial charge in [-0.15, -0.1) is 24.8 Å². The number of piperidine rings is 1. The van der Waals surface area contributed by atoms with Gasteiger partial charge in [0.2, 0.25) is 5.91 Å². The summed E-state index contributed by atoms with van der Waals surface area (Å²) < 4.78 is 1.71. The molecule has 0 spiro atoms. The molecule has 0 radical (unpaired) electrons. The SMILES string of the molecule is Cc1[nH]cnc1CNC(=O)Cn1ccc(C2CCCNC2)n1.Cl.Cl. The van der Waals surface area contributed by atoms with Crippen LogP contribution in [0.25, 0.3) is 0 Å². The molecular formula is C15H24Cl2N6O. The molecule has 2 aromatic heterocycles. The zero-order valence-electron chi connectivity index (χ0n) is 13.6. The molecule has 0 aromatic carbocycles. The van der Waals surface area contributed by atoms with Crippen LogP contribution in [-0.4, -0.2) is 38.7 Å². The number of hydrogen-bond acceptors (Lipinski definition) is 4. The number of halogens is 2. The maximum absolute atomic E-state index is 12.0. The molecule has 134 valence electrons. The molecule has 1 atom stereocenters. The average Bonchev–Trinajstić information content (AvgIpc) is 3.15. The van der Waals surface area contributed by atoms with E-state index < -0.39 is 0 Å². The van der Waals surface area contributed by atoms with Crippen molar-refractivity contribution in [1.82, 2.24) is 30.4 Å². The van der Waals surface area contributed by atoms with Crippen molar-refractivity contribution >= 4 is 30.7 Å². The summed E-state index contributed by atoms with van der Waals surface area (Å²) in [4.78, 5) is 19.1. The summed E-state index contributed by atoms with van der Waals surface area (Å²) in [5, 5.41) is 10.8. The first-order chi connectivity index (χ1) is 10.7. The van der Waals surface area contributed by atoms with Gasteiger partial charge in [-0.2, -0.15) is 5.10 Å². The van der Waals surface area contributed by atoms with E-state index in [0.717, 1.165) is 36.6 Å². The average molecular weight is 375 g/mol. The van der Waals surface area contributed by atoms with Gasteiger partial charge in [-0.25, -0.2) is 4.98 Å². The number of carbonyl (C=O) groups excluding carboxylic acids is 1. The van der Waals surface area contributed by atoms with Gasteiger partial charge in [0, 0.05) is 24.4 Å². The standard InChI is InChI=1S/C15H22N6O.2ClH/c1-11-14(19-10-18-11)8-17-15(22)9-21-6-4-13(20-21)12-3-2-5-16-7-12;;/h4,6,10,12,16H,2-3,5,7-9H2,1H3,(H,17,22)(H,18,19);2*1H. The maximum atomic E-state index is 12.0. The smallest absolute Gasteiger partial charge is 0.242 e. The van der Waals surface area contributed by atoms with E-state index >= 15 is 0 Å². The molecule has 0 bridgehead atoms. The van der Waals surface area contributed by atoms with E-state index in [-0.39, 0.29) is 37.3 Å². The molecular weight excluding hydrogens is 351 g/mol. The predicted octanol–water partition coefficient (Wildman–Crippen LogP) is 1.54. The normalized spacial score (nSPS) is 16.8. The van der Waals surface area contributed by atoms with E-state index in [0.29, 0.717) is 12.5 Å². The zero-order chi connectivity index (χ0) is 15.4. The highest BCUT2D eigenvalue weighted by atomic mass is 35.5. The van der Waals surface area contributed by atoms with Crippen molar-refractivity contribution in [3.8, 4) is 0 Å². The molecule has 9 heteroatoms. The van der Waals surface area contributed by atoms with Crippen LogP contribution in [0.4, 0.5) is 0 Å². The van der Waals surface area contributed by atoms with Crippen molar-refractivity contribution in [1.29, 1.82) is 0 Å². The first kappa shape index (κ1) is 20.5. The first-order valence-electron chi connectivity index (χ1n) is 7.72. The quantitative estimate of drug-likeness (QED) is 0.740. The summed E-state index contributed by atoms with van der Waals surface area (Å²) in [6.45, 7) is 4.68. The van der Waals surface area contributed by atoms with Gasteiger partial charge in [-0.05, 0) is 32.4 Å². The summed E-state index contributed by atoms with van der Waals surface area (Å²) >= 11 is 0. The van der Waals surface area contributed by atoms with Crippen molar-refractivity contribution < 1.29 is 4.79 Å². The lowest BCUT2D eigenvalue weighted by atomic mass is 9.97. The molecule has 1 unspecified atom stereocenters. The third-order valence-corrected chi connectivity index (χ3v) is 4.07. The van der Waals surface area contributed by atoms with Gasteiger partial charge >= 0.3 is 0 Å². The summed E-state index contributed by atoms with van der Waals surface area (Å²) in [5.74, 6) is 0.406. The molecule has 3 heterocycles. The Balaban J connectivity index is 0.00000144. The Bertz CT molecular complexity index is 635. The van der Waals surface area contributed by atoms with E-state index in [1.165, 1.54) is 6.42 Å². The van der Waals surface area contributed by atoms with Gasteiger partial charge in [0.15, 0.2) is 0 Å². The van der Waals surface area contributed by atoms with Crippen LogP contribution in [0, 0.1) is 6.92 Å². The largest absolute Gasteiger partial charge is 0.349 e. The number of rotatable bonds is 5. The highest BCUT2D eigenvalue weighted by Crippen LogP contribution is 2.21. The van der Waals surface area contributed by atoms with Gasteiger partial charge in [-0.3, -0.25) is 9.48 Å². The maximum Gasteiger partial charge on any atom is 0.242 e. The predicted molar refractivity (Wildman–Crippen MR) is 96.7 cm³/mol. The fourth-order valence-corrected chi connectivity index (χ4v) is 2.74. The number of nitrogens with one attached hydrogen (secondary N) is 3. The molecule has 24 heavy (non-hydrogen) atoms. The van der Waals surface area contributed by atoms with Gasteiger partial charge in [0.1, 0.15) is 6.54 Å². The third-order valence-electron chi connectivity index (χ3n) is 4.07. The lowest BCUT2D eigenvalue weighted by Gasteiger charge is -2.20. The first-order valence-corrected chi connectivity index (χ1v) is 7.72. The van der Waals surface area contributed by atoms with Crippen LogP contribution in [0.15, 0.2) is 18.6 Å². The van der Waals surface area contributed by atoms with Crippen LogP contribution in [0.5, 0.6) is 0 Å². The molecule has 1 aliphatic rings. The number of amides is 1. The van der Waals surface area contributed by atoms with Crippen LogP contribution >= 0.6 is 24.8 Å². The minimum absolute atomic E-state index is 0. The second kappa shape index (κ2) is 9.66. The molecule has 7 nitrogen and oxygen atoms in total. The van der Waals surface area contributed by atoms with Crippen molar-refractivity contribution in [2.45, 2.75) is 38.8 Å². The molecule has 1 fully saturated rings. The number of aromatic nitrogens is 4. The van der Waals surface area contributed by atoms with Crippen LogP contribution in [0.1, 0.15) is 35.8 Å². The van der Waals surface area contributed by atoms with Gasteiger partial charge in [0.25, 0.3) is 0 Å². The fourth-order valence-electron chi connectivity index (χ4n) is 2.74. The van der Waals surface area contributed by atoms with Crippen molar-refractivity contribution in [3.63, 3.8) is 0 Å². The molecule has 3 N–H and O–H groups in total. The number of nitrogens with zero attached hydrogens (tertiary/aromatic N) is 3. The zero-order valence-corrected chi connectivity index (χ0v) is 15.3. The number of H-pyrrole nitrogens is 1. The second-order valence-corrected chi connectivity index (χ2v) is 5.73. The monoisotopic (exact) mass is 374 g/mol. The Kier molecular flexibility index (Phi) is 8.24. The van der Waals surface area contributed by atoms with Crippen LogP contribution in [0.2, 0.25) is 0 Å². The molecule has 0 saturated carbocycles. The lowest BCUT2D eigenvalue weighted by Crippen LogP contribution is -2.29. The number of hydrogen-bond donors (Lipinski definition) is 3. The van der Waals surface area contributed by atoms with Crippen molar-refractivity contribution in [2.24, 2.45) is 0 Å². The molecule has 1 saturated heterocycles. The Morgan fingerprint density at radius 1 is 1.46 bits per heavy atom. The number of carbonyl (C=O) groups is 1. The molecule has 1 aliphatic heterocycles. The van der Waals surface area contributed by atoms with Crippen LogP contribution in [0.3, 0.4) is 0 Å². The van der Waals surface area contributed by atoms with Crippen molar-refractivity contribution in [2.75, 3.05) is 13.1 Å². The Hall–Kier alpha value is -1.57. The van der Waals surface area contributed by atoms with Gasteiger partial charge in [0.05, 0.1) is 24.3 Å². The van der Waals surface area contributed by atoms with E-state index in [1.807, 2.05) is 19.2 Å². The van der Waals surface area contributed by atoms with Gasteiger partial charge < -0.3 is 15.6 Å². The van der Waals surface area contributed by atoms with E-state index in [2.05, 4.69) is 25.7 Å². The van der Waals surface area contributed by atoms with Gasteiger partial charge in [-0.1, -0.05) is 0 Å². The number of aromatic amines is 1. The Labute approximate surface area is 153 Å². The van der Waals surface area contributed by atoms with Crippen LogP contribution in [-0.2, 0) is 17.9 Å². The molecule has 0 aliphatic carbocycles. The van der Waals surface area contributed by atoms with E-state index in [1.54, 1.807) is 11.0 Å². The fraction of sp³-hybridized carbons (Fsp3) is 0.533. The highest BCUT2D eigenvalue weighted by molar-refractivity contribution is 5.85. The summed E-state index contributed by atoms with van der Waals surface area (Å²) in [5.41, 5.74) is 2.91.